The Balaban J connectivity index is 2.48. The van der Waals surface area contributed by atoms with E-state index in [2.05, 4.69) is 6.92 Å². The van der Waals surface area contributed by atoms with Crippen LogP contribution in [0, 0.1) is 5.41 Å². The van der Waals surface area contributed by atoms with E-state index in [1.807, 2.05) is 4.72 Å². The summed E-state index contributed by atoms with van der Waals surface area (Å²) < 4.78 is 33.6. The fourth-order valence-corrected chi connectivity index (χ4v) is 5.63. The Morgan fingerprint density at radius 2 is 1.32 bits per heavy atom. The summed E-state index contributed by atoms with van der Waals surface area (Å²) in [5, 5.41) is 0. The van der Waals surface area contributed by atoms with Crippen molar-refractivity contribution in [2.45, 2.75) is 125 Å². The number of Topliss-reactive ketones (excluding diaryl/α,β-unsaturated/α-hetero) is 1. The number of nitrogens with zero attached hydrogens (tertiary/aromatic N) is 1. The first kappa shape index (κ1) is 35.8. The summed E-state index contributed by atoms with van der Waals surface area (Å²) in [7, 11) is -4.53. The van der Waals surface area contributed by atoms with Crippen LogP contribution in [0.1, 0.15) is 135 Å². The van der Waals surface area contributed by atoms with E-state index in [0.29, 0.717) is 10.9 Å². The van der Waals surface area contributed by atoms with E-state index in [1.165, 1.54) is 88.8 Å². The van der Waals surface area contributed by atoms with Crippen LogP contribution in [-0.2, 0) is 24.5 Å². The van der Waals surface area contributed by atoms with Crippen molar-refractivity contribution in [2.75, 3.05) is 17.5 Å². The van der Waals surface area contributed by atoms with Crippen molar-refractivity contribution in [1.29, 1.82) is 0 Å². The molecule has 0 atom stereocenters. The lowest BCUT2D eigenvalue weighted by Crippen LogP contribution is -2.47. The second-order valence-electron chi connectivity index (χ2n) is 11.6. The van der Waals surface area contributed by atoms with Crippen molar-refractivity contribution in [3.8, 4) is 0 Å². The van der Waals surface area contributed by atoms with Gasteiger partial charge < -0.3 is 4.74 Å². The zero-order chi connectivity index (χ0) is 30.0. The van der Waals surface area contributed by atoms with Crippen LogP contribution < -0.4 is 9.03 Å². The second-order valence-corrected chi connectivity index (χ2v) is 13.1. The molecule has 228 valence electrons. The predicted molar refractivity (Wildman–Crippen MR) is 162 cm³/mol. The van der Waals surface area contributed by atoms with Crippen molar-refractivity contribution in [3.63, 3.8) is 0 Å². The maximum atomic E-state index is 13.0. The van der Waals surface area contributed by atoms with Crippen molar-refractivity contribution in [3.05, 3.63) is 29.8 Å². The number of hydrogen-bond acceptors (Lipinski definition) is 6. The van der Waals surface area contributed by atoms with Gasteiger partial charge >= 0.3 is 10.2 Å². The number of hydrogen-bond donors (Lipinski definition) is 1. The third-order valence-corrected chi connectivity index (χ3v) is 8.07. The van der Waals surface area contributed by atoms with Crippen LogP contribution in [-0.4, -0.2) is 39.2 Å². The topological polar surface area (TPSA) is 110 Å². The summed E-state index contributed by atoms with van der Waals surface area (Å²) >= 11 is 0. The van der Waals surface area contributed by atoms with Gasteiger partial charge in [0.25, 0.3) is 5.91 Å². The lowest BCUT2D eigenvalue weighted by atomic mass is 9.86. The SMILES string of the molecule is CCCCCCCCCCCCCCCCOCC(=O)N(c1cccc(C(=O)C(C)(C)C)c1)S(=O)(=O)NC(C)=O. The average molecular weight is 581 g/mol. The molecule has 0 saturated heterocycles. The Kier molecular flexibility index (Phi) is 17.0. The number of carbonyl (C=O) groups is 3. The Morgan fingerprint density at radius 3 is 1.80 bits per heavy atom. The van der Waals surface area contributed by atoms with Gasteiger partial charge in [0.05, 0.1) is 5.69 Å². The van der Waals surface area contributed by atoms with Crippen molar-refractivity contribution in [1.82, 2.24) is 4.72 Å². The van der Waals surface area contributed by atoms with Crippen LogP contribution in [0.2, 0.25) is 0 Å². The molecule has 8 nitrogen and oxygen atoms in total. The lowest BCUT2D eigenvalue weighted by molar-refractivity contribution is -0.121. The molecule has 0 saturated carbocycles. The maximum absolute atomic E-state index is 13.0. The first-order valence-electron chi connectivity index (χ1n) is 15.0. The number of rotatable bonds is 21. The van der Waals surface area contributed by atoms with E-state index < -0.39 is 34.0 Å². The van der Waals surface area contributed by atoms with Gasteiger partial charge in [-0.05, 0) is 18.6 Å². The Labute approximate surface area is 242 Å². The minimum absolute atomic E-state index is 0.0334. The molecule has 1 aromatic rings. The summed E-state index contributed by atoms with van der Waals surface area (Å²) in [4.78, 5) is 37.2. The molecule has 0 unspecified atom stereocenters. The van der Waals surface area contributed by atoms with Crippen LogP contribution in [0.3, 0.4) is 0 Å². The predicted octanol–water partition coefficient (Wildman–Crippen LogP) is 7.13. The third-order valence-electron chi connectivity index (χ3n) is 6.63. The standard InChI is InChI=1S/C31H52N2O6S/c1-6-7-8-9-10-11-12-13-14-15-16-17-18-19-23-39-25-29(35)33(40(37,38)32-26(2)34)28-22-20-21-27(24-28)30(36)31(3,4)5/h20-22,24H,6-19,23,25H2,1-5H3,(H,32,34). The van der Waals surface area contributed by atoms with Gasteiger partial charge in [-0.25, -0.2) is 4.72 Å². The van der Waals surface area contributed by atoms with Crippen molar-refractivity contribution in [2.24, 2.45) is 5.41 Å². The molecule has 0 bridgehead atoms. The Bertz CT molecular complexity index is 1020. The number of amides is 2. The molecule has 0 fully saturated rings. The smallest absolute Gasteiger partial charge is 0.332 e. The molecule has 1 aromatic carbocycles. The number of carbonyl (C=O) groups excluding carboxylic acids is 3. The van der Waals surface area contributed by atoms with Gasteiger partial charge in [0.2, 0.25) is 5.91 Å². The molecule has 0 aromatic heterocycles. The van der Waals surface area contributed by atoms with Gasteiger partial charge in [0.15, 0.2) is 5.78 Å². The molecule has 0 aliphatic heterocycles. The molecule has 1 N–H and O–H groups in total. The third kappa shape index (κ3) is 14.4. The Hall–Kier alpha value is -2.26. The fourth-order valence-electron chi connectivity index (χ4n) is 4.47. The van der Waals surface area contributed by atoms with E-state index in [1.54, 1.807) is 26.8 Å². The summed E-state index contributed by atoms with van der Waals surface area (Å²) in [5.74, 6) is -1.88. The molecule has 0 aliphatic carbocycles. The summed E-state index contributed by atoms with van der Waals surface area (Å²) in [6, 6.07) is 5.83. The molecule has 2 amide bonds. The first-order chi connectivity index (χ1) is 18.9. The van der Waals surface area contributed by atoms with Gasteiger partial charge in [0.1, 0.15) is 6.61 Å². The highest BCUT2D eigenvalue weighted by atomic mass is 32.2. The number of ketones is 1. The van der Waals surface area contributed by atoms with Crippen LogP contribution in [0.15, 0.2) is 24.3 Å². The van der Waals surface area contributed by atoms with E-state index in [-0.39, 0.29) is 17.0 Å². The molecule has 1 rings (SSSR count). The highest BCUT2D eigenvalue weighted by Gasteiger charge is 2.31. The summed E-state index contributed by atoms with van der Waals surface area (Å²) in [6.45, 7) is 8.42. The number of anilines is 1. The molecular weight excluding hydrogens is 528 g/mol. The number of benzene rings is 1. The van der Waals surface area contributed by atoms with Crippen LogP contribution >= 0.6 is 0 Å². The molecular formula is C31H52N2O6S. The molecule has 0 radical (unpaired) electrons. The fraction of sp³-hybridized carbons (Fsp3) is 0.710. The van der Waals surface area contributed by atoms with E-state index in [0.717, 1.165) is 26.2 Å². The number of unbranched alkanes of at least 4 members (excludes halogenated alkanes) is 13. The van der Waals surface area contributed by atoms with Crippen LogP contribution in [0.4, 0.5) is 5.69 Å². The largest absolute Gasteiger partial charge is 0.372 e. The lowest BCUT2D eigenvalue weighted by Gasteiger charge is -2.23. The van der Waals surface area contributed by atoms with E-state index in [9.17, 15) is 22.8 Å². The van der Waals surface area contributed by atoms with Gasteiger partial charge in [-0.2, -0.15) is 12.7 Å². The normalized spacial score (nSPS) is 11.8. The zero-order valence-electron chi connectivity index (χ0n) is 25.4. The van der Waals surface area contributed by atoms with Gasteiger partial charge in [-0.3, -0.25) is 14.4 Å². The highest BCUT2D eigenvalue weighted by Crippen LogP contribution is 2.25. The van der Waals surface area contributed by atoms with Crippen LogP contribution in [0.25, 0.3) is 0 Å². The minimum Gasteiger partial charge on any atom is -0.372 e. The highest BCUT2D eigenvalue weighted by molar-refractivity contribution is 7.92. The number of nitrogens with one attached hydrogen (secondary N) is 1. The quantitative estimate of drug-likeness (QED) is 0.122. The Morgan fingerprint density at radius 1 is 0.825 bits per heavy atom. The molecule has 0 heterocycles. The number of ether oxygens (including phenoxy) is 1. The van der Waals surface area contributed by atoms with E-state index >= 15 is 0 Å². The van der Waals surface area contributed by atoms with Crippen molar-refractivity contribution < 1.29 is 27.5 Å². The molecule has 0 aliphatic rings. The monoisotopic (exact) mass is 580 g/mol. The average Bonchev–Trinajstić information content (AvgIpc) is 2.86. The maximum Gasteiger partial charge on any atom is 0.332 e. The second kappa shape index (κ2) is 19.0. The van der Waals surface area contributed by atoms with Gasteiger partial charge in [-0.15, -0.1) is 0 Å². The first-order valence-corrected chi connectivity index (χ1v) is 16.4. The molecule has 0 spiro atoms. The summed E-state index contributed by atoms with van der Waals surface area (Å²) in [5.41, 5.74) is -0.459. The molecule has 40 heavy (non-hydrogen) atoms. The summed E-state index contributed by atoms with van der Waals surface area (Å²) in [6.07, 6.45) is 17.3. The molecule has 9 heteroatoms. The van der Waals surface area contributed by atoms with Crippen molar-refractivity contribution >= 4 is 33.5 Å². The van der Waals surface area contributed by atoms with Crippen LogP contribution in [0.5, 0.6) is 0 Å². The van der Waals surface area contributed by atoms with Gasteiger partial charge in [-0.1, -0.05) is 123 Å². The van der Waals surface area contributed by atoms with E-state index in [4.69, 9.17) is 4.74 Å². The zero-order valence-corrected chi connectivity index (χ0v) is 26.2. The van der Waals surface area contributed by atoms with Gasteiger partial charge in [0, 0.05) is 24.5 Å². The minimum atomic E-state index is -4.53.